The standard InChI is InChI=1S/C19H32ClN5/c1-4-21-19(23-14-17-5-7-18(20)8-6-17)22-13-16(2)15-25-11-9-24(3)10-12-25/h5-8,16H,4,9-15H2,1-3H3,(H2,21,22,23). The van der Waals surface area contributed by atoms with Crippen LogP contribution in [0.15, 0.2) is 29.3 Å². The van der Waals surface area contributed by atoms with Crippen molar-refractivity contribution in [2.24, 2.45) is 10.9 Å². The molecule has 0 bridgehead atoms. The van der Waals surface area contributed by atoms with E-state index in [1.165, 1.54) is 26.2 Å². The zero-order valence-electron chi connectivity index (χ0n) is 15.8. The van der Waals surface area contributed by atoms with Crippen LogP contribution in [0.25, 0.3) is 0 Å². The van der Waals surface area contributed by atoms with E-state index in [1.807, 2.05) is 24.3 Å². The number of rotatable bonds is 7. The number of aliphatic imine (C=N–C) groups is 1. The van der Waals surface area contributed by atoms with Gasteiger partial charge < -0.3 is 20.4 Å². The average molecular weight is 366 g/mol. The fourth-order valence-electron chi connectivity index (χ4n) is 2.91. The highest BCUT2D eigenvalue weighted by Gasteiger charge is 2.16. The topological polar surface area (TPSA) is 42.9 Å². The third-order valence-corrected chi connectivity index (χ3v) is 4.71. The fraction of sp³-hybridized carbons (Fsp3) is 0.632. The normalized spacial score (nSPS) is 18.2. The van der Waals surface area contributed by atoms with Crippen LogP contribution in [0, 0.1) is 5.92 Å². The Balaban J connectivity index is 1.77. The van der Waals surface area contributed by atoms with Gasteiger partial charge in [-0.3, -0.25) is 0 Å². The van der Waals surface area contributed by atoms with E-state index in [0.29, 0.717) is 12.5 Å². The molecule has 1 atom stereocenters. The lowest BCUT2D eigenvalue weighted by molar-refractivity contribution is 0.139. The minimum Gasteiger partial charge on any atom is -0.357 e. The lowest BCUT2D eigenvalue weighted by Gasteiger charge is -2.34. The monoisotopic (exact) mass is 365 g/mol. The van der Waals surface area contributed by atoms with E-state index >= 15 is 0 Å². The van der Waals surface area contributed by atoms with Crippen molar-refractivity contribution in [1.82, 2.24) is 20.4 Å². The van der Waals surface area contributed by atoms with Crippen molar-refractivity contribution >= 4 is 17.6 Å². The number of hydrogen-bond acceptors (Lipinski definition) is 3. The SMILES string of the molecule is CCNC(=NCc1ccc(Cl)cc1)NCC(C)CN1CCN(C)CC1. The van der Waals surface area contributed by atoms with Gasteiger partial charge in [-0.05, 0) is 37.6 Å². The minimum absolute atomic E-state index is 0.586. The molecule has 0 radical (unpaired) electrons. The summed E-state index contributed by atoms with van der Waals surface area (Å²) in [6.45, 7) is 12.7. The van der Waals surface area contributed by atoms with E-state index in [1.54, 1.807) is 0 Å². The maximum Gasteiger partial charge on any atom is 0.191 e. The number of guanidine groups is 1. The molecule has 2 N–H and O–H groups in total. The highest BCUT2D eigenvalue weighted by atomic mass is 35.5. The molecule has 0 amide bonds. The van der Waals surface area contributed by atoms with Crippen LogP contribution in [0.3, 0.4) is 0 Å². The second kappa shape index (κ2) is 10.6. The number of nitrogens with one attached hydrogen (secondary N) is 2. The van der Waals surface area contributed by atoms with Crippen molar-refractivity contribution in [1.29, 1.82) is 0 Å². The average Bonchev–Trinajstić information content (AvgIpc) is 2.61. The van der Waals surface area contributed by atoms with Gasteiger partial charge in [0.05, 0.1) is 6.54 Å². The molecule has 6 heteroatoms. The molecule has 1 aromatic rings. The van der Waals surface area contributed by atoms with E-state index < -0.39 is 0 Å². The number of nitrogens with zero attached hydrogens (tertiary/aromatic N) is 3. The minimum atomic E-state index is 0.586. The Bertz CT molecular complexity index is 523. The number of halogens is 1. The van der Waals surface area contributed by atoms with E-state index in [4.69, 9.17) is 11.6 Å². The van der Waals surface area contributed by atoms with Crippen molar-refractivity contribution in [3.63, 3.8) is 0 Å². The molecule has 1 unspecified atom stereocenters. The van der Waals surface area contributed by atoms with Crippen molar-refractivity contribution in [3.05, 3.63) is 34.9 Å². The first kappa shape index (κ1) is 20.0. The summed E-state index contributed by atoms with van der Waals surface area (Å²) in [4.78, 5) is 9.63. The lowest BCUT2D eigenvalue weighted by atomic mass is 10.1. The molecule has 0 aliphatic carbocycles. The van der Waals surface area contributed by atoms with Crippen LogP contribution >= 0.6 is 11.6 Å². The van der Waals surface area contributed by atoms with Gasteiger partial charge >= 0.3 is 0 Å². The molecular formula is C19H32ClN5. The molecule has 1 saturated heterocycles. The molecule has 140 valence electrons. The largest absolute Gasteiger partial charge is 0.357 e. The van der Waals surface area contributed by atoms with Gasteiger partial charge in [0.2, 0.25) is 0 Å². The highest BCUT2D eigenvalue weighted by Crippen LogP contribution is 2.10. The first-order chi connectivity index (χ1) is 12.1. The second-order valence-electron chi connectivity index (χ2n) is 6.91. The third kappa shape index (κ3) is 7.63. The first-order valence-corrected chi connectivity index (χ1v) is 9.62. The van der Waals surface area contributed by atoms with Crippen LogP contribution < -0.4 is 10.6 Å². The lowest BCUT2D eigenvalue weighted by Crippen LogP contribution is -2.47. The van der Waals surface area contributed by atoms with Gasteiger partial charge in [0.25, 0.3) is 0 Å². The summed E-state index contributed by atoms with van der Waals surface area (Å²) in [5.41, 5.74) is 1.16. The van der Waals surface area contributed by atoms with Gasteiger partial charge in [0, 0.05) is 50.8 Å². The number of likely N-dealkylation sites (N-methyl/N-ethyl adjacent to an activating group) is 1. The summed E-state index contributed by atoms with van der Waals surface area (Å²) in [5.74, 6) is 1.46. The molecule has 0 saturated carbocycles. The number of hydrogen-bond donors (Lipinski definition) is 2. The zero-order valence-corrected chi connectivity index (χ0v) is 16.5. The van der Waals surface area contributed by atoms with Gasteiger partial charge in [0.15, 0.2) is 5.96 Å². The highest BCUT2D eigenvalue weighted by molar-refractivity contribution is 6.30. The molecule has 5 nitrogen and oxygen atoms in total. The van der Waals surface area contributed by atoms with Crippen LogP contribution in [0.1, 0.15) is 19.4 Å². The van der Waals surface area contributed by atoms with Gasteiger partial charge in [0.1, 0.15) is 0 Å². The van der Waals surface area contributed by atoms with Crippen LogP contribution in [-0.2, 0) is 6.54 Å². The molecule has 1 fully saturated rings. The summed E-state index contributed by atoms with van der Waals surface area (Å²) in [5, 5.41) is 7.56. The molecule has 2 rings (SSSR count). The maximum atomic E-state index is 5.93. The summed E-state index contributed by atoms with van der Waals surface area (Å²) < 4.78 is 0. The predicted octanol–water partition coefficient (Wildman–Crippen LogP) is 2.28. The molecular weight excluding hydrogens is 334 g/mol. The maximum absolute atomic E-state index is 5.93. The van der Waals surface area contributed by atoms with E-state index in [0.717, 1.165) is 36.2 Å². The Morgan fingerprint density at radius 1 is 1.16 bits per heavy atom. The predicted molar refractivity (Wildman–Crippen MR) is 107 cm³/mol. The third-order valence-electron chi connectivity index (χ3n) is 4.46. The van der Waals surface area contributed by atoms with Gasteiger partial charge in [-0.2, -0.15) is 0 Å². The van der Waals surface area contributed by atoms with Gasteiger partial charge in [-0.1, -0.05) is 30.7 Å². The zero-order chi connectivity index (χ0) is 18.1. The quantitative estimate of drug-likeness (QED) is 0.574. The molecule has 1 heterocycles. The number of piperazine rings is 1. The number of benzene rings is 1. The smallest absolute Gasteiger partial charge is 0.191 e. The molecule has 1 aliphatic rings. The second-order valence-corrected chi connectivity index (χ2v) is 7.35. The van der Waals surface area contributed by atoms with Crippen molar-refractivity contribution in [3.8, 4) is 0 Å². The molecule has 1 aliphatic heterocycles. The molecule has 1 aromatic carbocycles. The molecule has 25 heavy (non-hydrogen) atoms. The van der Waals surface area contributed by atoms with Crippen LogP contribution in [0.5, 0.6) is 0 Å². The fourth-order valence-corrected chi connectivity index (χ4v) is 3.03. The summed E-state index contributed by atoms with van der Waals surface area (Å²) in [7, 11) is 2.20. The summed E-state index contributed by atoms with van der Waals surface area (Å²) in [6.07, 6.45) is 0. The Morgan fingerprint density at radius 2 is 1.84 bits per heavy atom. The van der Waals surface area contributed by atoms with E-state index in [-0.39, 0.29) is 0 Å². The first-order valence-electron chi connectivity index (χ1n) is 9.24. The van der Waals surface area contributed by atoms with Gasteiger partial charge in [-0.25, -0.2) is 4.99 Å². The Hall–Kier alpha value is -1.30. The summed E-state index contributed by atoms with van der Waals surface area (Å²) >= 11 is 5.93. The van der Waals surface area contributed by atoms with Crippen LogP contribution in [0.2, 0.25) is 5.02 Å². The van der Waals surface area contributed by atoms with Crippen LogP contribution in [0.4, 0.5) is 0 Å². The Labute approximate surface area is 157 Å². The summed E-state index contributed by atoms with van der Waals surface area (Å²) in [6, 6.07) is 7.85. The van der Waals surface area contributed by atoms with Crippen molar-refractivity contribution in [2.75, 3.05) is 52.9 Å². The Kier molecular flexibility index (Phi) is 8.52. The molecule has 0 aromatic heterocycles. The van der Waals surface area contributed by atoms with Crippen molar-refractivity contribution in [2.45, 2.75) is 20.4 Å². The Morgan fingerprint density at radius 3 is 2.48 bits per heavy atom. The molecule has 0 spiro atoms. The van der Waals surface area contributed by atoms with Gasteiger partial charge in [-0.15, -0.1) is 0 Å². The van der Waals surface area contributed by atoms with Crippen molar-refractivity contribution < 1.29 is 0 Å². The van der Waals surface area contributed by atoms with E-state index in [9.17, 15) is 0 Å². The van der Waals surface area contributed by atoms with Crippen LogP contribution in [-0.4, -0.2) is 68.6 Å². The van der Waals surface area contributed by atoms with E-state index in [2.05, 4.69) is 46.3 Å².